The molecule has 1 aliphatic carbocycles. The van der Waals surface area contributed by atoms with Gasteiger partial charge in [-0.2, -0.15) is 0 Å². The Bertz CT molecular complexity index is 3110. The molecule has 2 atom stereocenters. The highest BCUT2D eigenvalue weighted by atomic mass is 15.0. The van der Waals surface area contributed by atoms with Crippen LogP contribution in [0.15, 0.2) is 198 Å². The second-order valence-corrected chi connectivity index (χ2v) is 15.6. The molecule has 0 bridgehead atoms. The largest absolute Gasteiger partial charge is 0.257 e. The first-order valence-corrected chi connectivity index (χ1v) is 20.2. The number of fused-ring (bicyclic) bond motifs is 6. The van der Waals surface area contributed by atoms with E-state index in [1.54, 1.807) is 0 Å². The Balaban J connectivity index is 1.06. The molecule has 11 rings (SSSR count). The number of nitrogens with zero attached hydrogens (tertiary/aromatic N) is 2. The van der Waals surface area contributed by atoms with E-state index in [9.17, 15) is 0 Å². The van der Waals surface area contributed by atoms with Gasteiger partial charge in [0.1, 0.15) is 0 Å². The van der Waals surface area contributed by atoms with Crippen molar-refractivity contribution in [3.05, 3.63) is 216 Å². The van der Waals surface area contributed by atoms with Crippen LogP contribution in [0.1, 0.15) is 47.2 Å². The minimum Gasteiger partial charge on any atom is -0.257 e. The van der Waals surface area contributed by atoms with Gasteiger partial charge in [-0.25, -0.2) is 4.99 Å². The number of amidine groups is 1. The molecule has 2 nitrogen and oxygen atoms in total. The third-order valence-corrected chi connectivity index (χ3v) is 12.3. The molecule has 270 valence electrons. The standard InChI is InChI=1S/C55H40N2/c1-2-47-53(56-55(46-27-24-37-14-5-8-17-40(37)32-46)57-54(47)45-26-23-36-13-4-7-16-39(36)31-45)44-20-11-19-41(33-44)50-29-28-48(43-25-22-35-12-3-6-15-38(35)30-43)51-34-42-18-9-10-21-49(42)52(50)51/h3-33,47,54H,2,34H2,1H3. The Morgan fingerprint density at radius 1 is 0.456 bits per heavy atom. The van der Waals surface area contributed by atoms with Gasteiger partial charge in [0.2, 0.25) is 0 Å². The zero-order valence-corrected chi connectivity index (χ0v) is 31.9. The summed E-state index contributed by atoms with van der Waals surface area (Å²) in [5.74, 6) is 0.894. The number of hydrogen-bond acceptors (Lipinski definition) is 2. The molecular weight excluding hydrogens is 689 g/mol. The summed E-state index contributed by atoms with van der Waals surface area (Å²) < 4.78 is 0. The molecule has 1 heterocycles. The van der Waals surface area contributed by atoms with Gasteiger partial charge in [-0.1, -0.05) is 171 Å². The molecule has 2 aliphatic rings. The lowest BCUT2D eigenvalue weighted by Crippen LogP contribution is -2.28. The second-order valence-electron chi connectivity index (χ2n) is 15.6. The van der Waals surface area contributed by atoms with E-state index in [4.69, 9.17) is 9.98 Å². The Labute approximate surface area is 333 Å². The molecule has 0 fully saturated rings. The first-order valence-electron chi connectivity index (χ1n) is 20.2. The fourth-order valence-corrected chi connectivity index (χ4v) is 9.42. The lowest BCUT2D eigenvalue weighted by Gasteiger charge is -2.30. The van der Waals surface area contributed by atoms with Gasteiger partial charge < -0.3 is 0 Å². The number of benzene rings is 9. The van der Waals surface area contributed by atoms with Crippen LogP contribution < -0.4 is 0 Å². The fraction of sp³-hybridized carbons (Fsp3) is 0.0909. The summed E-state index contributed by atoms with van der Waals surface area (Å²) >= 11 is 0. The highest BCUT2D eigenvalue weighted by Crippen LogP contribution is 2.48. The number of hydrogen-bond donors (Lipinski definition) is 0. The van der Waals surface area contributed by atoms with Crippen LogP contribution in [0.25, 0.3) is 65.7 Å². The maximum absolute atomic E-state index is 5.51. The fourth-order valence-electron chi connectivity index (χ4n) is 9.42. The van der Waals surface area contributed by atoms with Crippen molar-refractivity contribution >= 4 is 43.9 Å². The zero-order valence-electron chi connectivity index (χ0n) is 31.9. The summed E-state index contributed by atoms with van der Waals surface area (Å²) in [6, 6.07) is 68.9. The zero-order chi connectivity index (χ0) is 37.9. The molecule has 0 saturated carbocycles. The van der Waals surface area contributed by atoms with Crippen molar-refractivity contribution in [1.29, 1.82) is 0 Å². The third-order valence-electron chi connectivity index (χ3n) is 12.3. The highest BCUT2D eigenvalue weighted by Gasteiger charge is 2.33. The van der Waals surface area contributed by atoms with Crippen molar-refractivity contribution in [2.24, 2.45) is 15.9 Å². The smallest absolute Gasteiger partial charge is 0.155 e. The van der Waals surface area contributed by atoms with Crippen LogP contribution in [-0.4, -0.2) is 11.5 Å². The summed E-state index contributed by atoms with van der Waals surface area (Å²) in [7, 11) is 0. The van der Waals surface area contributed by atoms with Gasteiger partial charge in [-0.15, -0.1) is 0 Å². The quantitative estimate of drug-likeness (QED) is 0.163. The summed E-state index contributed by atoms with van der Waals surface area (Å²) in [5, 5.41) is 7.42. The lowest BCUT2D eigenvalue weighted by molar-refractivity contribution is 0.533. The first kappa shape index (κ1) is 33.4. The monoisotopic (exact) mass is 728 g/mol. The molecule has 2 unspecified atom stereocenters. The van der Waals surface area contributed by atoms with Crippen molar-refractivity contribution in [3.8, 4) is 33.4 Å². The molecule has 0 aromatic heterocycles. The minimum absolute atomic E-state index is 0.0745. The van der Waals surface area contributed by atoms with Crippen molar-refractivity contribution in [1.82, 2.24) is 0 Å². The van der Waals surface area contributed by atoms with E-state index in [-0.39, 0.29) is 12.0 Å². The van der Waals surface area contributed by atoms with E-state index >= 15 is 0 Å². The Kier molecular flexibility index (Phi) is 8.03. The molecule has 0 radical (unpaired) electrons. The van der Waals surface area contributed by atoms with Crippen LogP contribution in [0, 0.1) is 5.92 Å². The predicted octanol–water partition coefficient (Wildman–Crippen LogP) is 14.1. The average Bonchev–Trinajstić information content (AvgIpc) is 3.67. The first-order chi connectivity index (χ1) is 28.2. The van der Waals surface area contributed by atoms with Gasteiger partial charge in [-0.3, -0.25) is 4.99 Å². The van der Waals surface area contributed by atoms with Crippen LogP contribution in [0.4, 0.5) is 0 Å². The second kappa shape index (κ2) is 13.7. The predicted molar refractivity (Wildman–Crippen MR) is 241 cm³/mol. The van der Waals surface area contributed by atoms with E-state index in [1.807, 2.05) is 0 Å². The summed E-state index contributed by atoms with van der Waals surface area (Å²) in [4.78, 5) is 11.0. The molecule has 0 N–H and O–H groups in total. The van der Waals surface area contributed by atoms with Crippen LogP contribution in [-0.2, 0) is 6.42 Å². The van der Waals surface area contributed by atoms with Crippen LogP contribution in [0.3, 0.4) is 0 Å². The molecule has 0 amide bonds. The van der Waals surface area contributed by atoms with Gasteiger partial charge in [-0.05, 0) is 125 Å². The molecule has 2 heteroatoms. The molecule has 0 saturated heterocycles. The Hall–Kier alpha value is -6.90. The maximum atomic E-state index is 5.51. The van der Waals surface area contributed by atoms with Gasteiger partial charge in [0, 0.05) is 11.5 Å². The molecule has 57 heavy (non-hydrogen) atoms. The lowest BCUT2D eigenvalue weighted by atomic mass is 9.81. The van der Waals surface area contributed by atoms with E-state index in [2.05, 4.69) is 195 Å². The van der Waals surface area contributed by atoms with Crippen molar-refractivity contribution in [2.75, 3.05) is 0 Å². The van der Waals surface area contributed by atoms with E-state index in [0.29, 0.717) is 0 Å². The highest BCUT2D eigenvalue weighted by molar-refractivity contribution is 6.16. The van der Waals surface area contributed by atoms with Gasteiger partial charge >= 0.3 is 0 Å². The molecule has 9 aromatic rings. The summed E-state index contributed by atoms with van der Waals surface area (Å²) in [5.41, 5.74) is 15.0. The van der Waals surface area contributed by atoms with E-state index in [0.717, 1.165) is 35.5 Å². The van der Waals surface area contributed by atoms with Crippen molar-refractivity contribution < 1.29 is 0 Å². The number of aliphatic imine (C=N–C) groups is 2. The molecule has 0 spiro atoms. The van der Waals surface area contributed by atoms with Gasteiger partial charge in [0.25, 0.3) is 0 Å². The normalized spacial score (nSPS) is 16.0. The topological polar surface area (TPSA) is 24.7 Å². The Morgan fingerprint density at radius 2 is 1.04 bits per heavy atom. The Morgan fingerprint density at radius 3 is 1.77 bits per heavy atom. The van der Waals surface area contributed by atoms with Gasteiger partial charge in [0.15, 0.2) is 5.84 Å². The van der Waals surface area contributed by atoms with Crippen LogP contribution >= 0.6 is 0 Å². The van der Waals surface area contributed by atoms with E-state index < -0.39 is 0 Å². The van der Waals surface area contributed by atoms with Gasteiger partial charge in [0.05, 0.1) is 11.8 Å². The van der Waals surface area contributed by atoms with Crippen molar-refractivity contribution in [3.63, 3.8) is 0 Å². The molecular formula is C55H40N2. The summed E-state index contributed by atoms with van der Waals surface area (Å²) in [6.07, 6.45) is 1.84. The average molecular weight is 729 g/mol. The van der Waals surface area contributed by atoms with Crippen molar-refractivity contribution in [2.45, 2.75) is 25.8 Å². The maximum Gasteiger partial charge on any atom is 0.155 e. The van der Waals surface area contributed by atoms with Crippen LogP contribution in [0.2, 0.25) is 0 Å². The molecule has 1 aliphatic heterocycles. The SMILES string of the molecule is CCC1C(c2cccc(-c3ccc(-c4ccc5ccccc5c4)c4c3-c3ccccc3C4)c2)=NC(c2ccc3ccccc3c2)=NC1c1ccc2ccccc2c1. The third kappa shape index (κ3) is 5.79. The van der Waals surface area contributed by atoms with Crippen LogP contribution in [0.5, 0.6) is 0 Å². The summed E-state index contributed by atoms with van der Waals surface area (Å²) in [6.45, 7) is 2.28. The van der Waals surface area contributed by atoms with E-state index in [1.165, 1.54) is 82.4 Å². The minimum atomic E-state index is -0.0745. The molecule has 9 aromatic carbocycles. The number of rotatable bonds is 6.